The third-order valence-corrected chi connectivity index (χ3v) is 5.71. The molecule has 3 rings (SSSR count). The van der Waals surface area contributed by atoms with Crippen molar-refractivity contribution in [3.8, 4) is 16.6 Å². The third-order valence-electron chi connectivity index (χ3n) is 4.89. The molecule has 0 bridgehead atoms. The first-order valence-electron chi connectivity index (χ1n) is 9.96. The SMILES string of the molecule is Cn1c([N+](=O)[O-])cnc1-c1nnc(N/N=C/c2cc(C(C)(C)C)c(O)c(C(C)(C)C)c2)s1. The minimum atomic E-state index is -0.504. The van der Waals surface area contributed by atoms with E-state index in [1.54, 1.807) is 13.3 Å². The number of rotatable bonds is 5. The molecule has 0 aliphatic rings. The van der Waals surface area contributed by atoms with Gasteiger partial charge in [0.1, 0.15) is 11.9 Å². The van der Waals surface area contributed by atoms with Gasteiger partial charge in [-0.25, -0.2) is 9.55 Å². The van der Waals surface area contributed by atoms with Crippen LogP contribution in [0.2, 0.25) is 0 Å². The minimum Gasteiger partial charge on any atom is -0.507 e. The van der Waals surface area contributed by atoms with E-state index in [-0.39, 0.29) is 16.6 Å². The lowest BCUT2D eigenvalue weighted by molar-refractivity contribution is -0.391. The summed E-state index contributed by atoms with van der Waals surface area (Å²) in [6.07, 6.45) is 2.85. The van der Waals surface area contributed by atoms with Crippen molar-refractivity contribution in [2.75, 3.05) is 5.43 Å². The van der Waals surface area contributed by atoms with E-state index in [1.165, 1.54) is 22.1 Å². The normalized spacial score (nSPS) is 12.5. The molecule has 10 nitrogen and oxygen atoms in total. The first-order valence-corrected chi connectivity index (χ1v) is 10.8. The van der Waals surface area contributed by atoms with E-state index in [4.69, 9.17) is 0 Å². The second-order valence-corrected chi connectivity index (χ2v) is 10.5. The molecule has 0 fully saturated rings. The average Bonchev–Trinajstić information content (AvgIpc) is 3.27. The highest BCUT2D eigenvalue weighted by Crippen LogP contribution is 2.39. The van der Waals surface area contributed by atoms with Crippen LogP contribution in [0.1, 0.15) is 58.2 Å². The lowest BCUT2D eigenvalue weighted by atomic mass is 9.78. The predicted molar refractivity (Wildman–Crippen MR) is 125 cm³/mol. The van der Waals surface area contributed by atoms with Gasteiger partial charge >= 0.3 is 5.82 Å². The topological polar surface area (TPSA) is 131 Å². The van der Waals surface area contributed by atoms with Crippen LogP contribution in [0, 0.1) is 10.1 Å². The van der Waals surface area contributed by atoms with Crippen LogP contribution >= 0.6 is 11.3 Å². The summed E-state index contributed by atoms with van der Waals surface area (Å²) in [5.74, 6) is 0.543. The molecule has 2 N–H and O–H groups in total. The Morgan fingerprint density at radius 2 is 1.75 bits per heavy atom. The van der Waals surface area contributed by atoms with E-state index in [0.29, 0.717) is 21.7 Å². The second-order valence-electron chi connectivity index (χ2n) is 9.50. The number of imidazole rings is 1. The van der Waals surface area contributed by atoms with Crippen molar-refractivity contribution >= 4 is 28.5 Å². The summed E-state index contributed by atoms with van der Waals surface area (Å²) in [6, 6.07) is 3.85. The van der Waals surface area contributed by atoms with E-state index in [9.17, 15) is 15.2 Å². The average molecular weight is 458 g/mol. The van der Waals surface area contributed by atoms with Gasteiger partial charge in [-0.2, -0.15) is 5.10 Å². The number of hydrogen-bond acceptors (Lipinski definition) is 9. The number of nitro groups is 1. The molecule has 0 aliphatic heterocycles. The van der Waals surface area contributed by atoms with Crippen molar-refractivity contribution in [2.45, 2.75) is 52.4 Å². The maximum Gasteiger partial charge on any atom is 0.342 e. The van der Waals surface area contributed by atoms with Gasteiger partial charge in [-0.1, -0.05) is 52.9 Å². The molecule has 170 valence electrons. The molecule has 0 amide bonds. The molecule has 0 spiro atoms. The molecule has 0 aliphatic carbocycles. The van der Waals surface area contributed by atoms with Crippen molar-refractivity contribution in [1.82, 2.24) is 19.7 Å². The molecular weight excluding hydrogens is 430 g/mol. The van der Waals surface area contributed by atoms with Crippen LogP contribution in [0.3, 0.4) is 0 Å². The summed E-state index contributed by atoms with van der Waals surface area (Å²) in [6.45, 7) is 12.3. The van der Waals surface area contributed by atoms with Crippen LogP contribution in [0.15, 0.2) is 23.4 Å². The Kier molecular flexibility index (Phi) is 6.05. The largest absolute Gasteiger partial charge is 0.507 e. The third kappa shape index (κ3) is 4.77. The Labute approximate surface area is 190 Å². The highest BCUT2D eigenvalue weighted by atomic mass is 32.1. The number of hydrazone groups is 1. The fraction of sp³-hybridized carbons (Fsp3) is 0.429. The molecule has 11 heteroatoms. The number of phenols is 1. The minimum absolute atomic E-state index is 0.126. The van der Waals surface area contributed by atoms with Gasteiger partial charge in [-0.15, -0.1) is 10.2 Å². The van der Waals surface area contributed by atoms with E-state index < -0.39 is 4.92 Å². The summed E-state index contributed by atoms with van der Waals surface area (Å²) in [4.78, 5) is 14.6. The van der Waals surface area contributed by atoms with Crippen molar-refractivity contribution in [2.24, 2.45) is 12.1 Å². The van der Waals surface area contributed by atoms with Crippen molar-refractivity contribution in [3.63, 3.8) is 0 Å². The van der Waals surface area contributed by atoms with Gasteiger partial charge in [-0.05, 0) is 33.4 Å². The number of phenolic OH excluding ortho intramolecular Hbond substituents is 1. The van der Waals surface area contributed by atoms with Crippen LogP contribution in [-0.4, -0.2) is 36.0 Å². The number of benzene rings is 1. The lowest BCUT2D eigenvalue weighted by Gasteiger charge is -2.27. The van der Waals surface area contributed by atoms with E-state index in [1.807, 2.05) is 12.1 Å². The molecule has 32 heavy (non-hydrogen) atoms. The molecule has 1 aromatic carbocycles. The molecule has 3 aromatic rings. The summed E-state index contributed by atoms with van der Waals surface area (Å²) in [5.41, 5.74) is 4.91. The molecule has 0 radical (unpaired) electrons. The first-order chi connectivity index (χ1) is 14.8. The quantitative estimate of drug-likeness (QED) is 0.325. The number of aromatic nitrogens is 4. The Morgan fingerprint density at radius 3 is 2.25 bits per heavy atom. The van der Waals surface area contributed by atoms with Gasteiger partial charge < -0.3 is 15.2 Å². The highest BCUT2D eigenvalue weighted by molar-refractivity contribution is 7.18. The molecule has 0 unspecified atom stereocenters. The van der Waals surface area contributed by atoms with Gasteiger partial charge in [0.25, 0.3) is 5.82 Å². The molecule has 2 heterocycles. The van der Waals surface area contributed by atoms with Crippen molar-refractivity contribution < 1.29 is 10.0 Å². The number of nitrogens with zero attached hydrogens (tertiary/aromatic N) is 6. The van der Waals surface area contributed by atoms with Crippen LogP contribution < -0.4 is 5.43 Å². The van der Waals surface area contributed by atoms with E-state index in [2.05, 4.69) is 67.3 Å². The predicted octanol–water partition coefficient (Wildman–Crippen LogP) is 4.59. The summed E-state index contributed by atoms with van der Waals surface area (Å²) >= 11 is 1.18. The van der Waals surface area contributed by atoms with Gasteiger partial charge in [0.15, 0.2) is 0 Å². The van der Waals surface area contributed by atoms with Gasteiger partial charge in [0.2, 0.25) is 10.1 Å². The first kappa shape index (κ1) is 23.3. The molecular formula is C21H27N7O3S. The van der Waals surface area contributed by atoms with E-state index >= 15 is 0 Å². The van der Waals surface area contributed by atoms with Crippen molar-refractivity contribution in [1.29, 1.82) is 0 Å². The zero-order valence-corrected chi connectivity index (χ0v) is 20.0. The molecule has 0 saturated heterocycles. The van der Waals surface area contributed by atoms with Crippen LogP contribution in [0.25, 0.3) is 10.8 Å². The highest BCUT2D eigenvalue weighted by Gasteiger charge is 2.26. The summed E-state index contributed by atoms with van der Waals surface area (Å²) in [7, 11) is 1.55. The molecule has 0 atom stereocenters. The molecule has 0 saturated carbocycles. The van der Waals surface area contributed by atoms with Crippen LogP contribution in [0.4, 0.5) is 10.9 Å². The van der Waals surface area contributed by atoms with Crippen LogP contribution in [0.5, 0.6) is 5.75 Å². The monoisotopic (exact) mass is 457 g/mol. The maximum atomic E-state index is 11.0. The van der Waals surface area contributed by atoms with Crippen molar-refractivity contribution in [3.05, 3.63) is 45.1 Å². The number of anilines is 1. The Morgan fingerprint density at radius 1 is 1.16 bits per heavy atom. The zero-order chi connectivity index (χ0) is 23.8. The zero-order valence-electron chi connectivity index (χ0n) is 19.2. The molecule has 2 aromatic heterocycles. The van der Waals surface area contributed by atoms with Gasteiger partial charge in [-0.3, -0.25) is 5.43 Å². The standard InChI is InChI=1S/C21H27N7O3S/c1-20(2,3)13-8-12(9-14(16(13)29)21(4,5)6)10-23-25-19-26-24-18(32-19)17-22-11-15(27(17)7)28(30)31/h8-11,29H,1-7H3,(H,25,26)/b23-10+. The Hall–Kier alpha value is -3.34. The fourth-order valence-electron chi connectivity index (χ4n) is 3.16. The number of nitrogens with one attached hydrogen (secondary N) is 1. The Bertz CT molecular complexity index is 1150. The second kappa shape index (κ2) is 8.30. The van der Waals surface area contributed by atoms with Gasteiger partial charge in [0, 0.05) is 11.1 Å². The summed E-state index contributed by atoms with van der Waals surface area (Å²) < 4.78 is 1.35. The van der Waals surface area contributed by atoms with E-state index in [0.717, 1.165) is 16.7 Å². The lowest BCUT2D eigenvalue weighted by Crippen LogP contribution is -2.17. The summed E-state index contributed by atoms with van der Waals surface area (Å²) in [5, 5.41) is 35.0. The van der Waals surface area contributed by atoms with Crippen LogP contribution in [-0.2, 0) is 17.9 Å². The fourth-order valence-corrected chi connectivity index (χ4v) is 3.89. The Balaban J connectivity index is 1.85. The number of aromatic hydroxyl groups is 1. The number of hydrogen-bond donors (Lipinski definition) is 2. The maximum absolute atomic E-state index is 11.0. The van der Waals surface area contributed by atoms with Gasteiger partial charge in [0.05, 0.1) is 13.3 Å². The smallest absolute Gasteiger partial charge is 0.342 e.